The SMILES string of the molecule is CCN=c1cc2c(=O)n(-c3c(C(C)C)cccc3C(C)C)c(=O)c3c(Cl)cc4c(O)n(-c5c(C(C)C)cccc5C(C)C)c(=O)c1c4c3-2. The van der Waals surface area contributed by atoms with Crippen LogP contribution in [0.15, 0.2) is 67.9 Å². The molecule has 3 aromatic carbocycles. The molecule has 1 aromatic heterocycles. The summed E-state index contributed by atoms with van der Waals surface area (Å²) in [5.41, 5.74) is 3.65. The highest BCUT2D eigenvalue weighted by Gasteiger charge is 2.31. The van der Waals surface area contributed by atoms with Crippen LogP contribution in [-0.2, 0) is 0 Å². The molecule has 1 aliphatic carbocycles. The van der Waals surface area contributed by atoms with Crippen LogP contribution in [0.4, 0.5) is 0 Å². The summed E-state index contributed by atoms with van der Waals surface area (Å²) in [6.07, 6.45) is 0. The van der Waals surface area contributed by atoms with E-state index < -0.39 is 16.7 Å². The molecule has 8 heteroatoms. The highest BCUT2D eigenvalue weighted by Crippen LogP contribution is 2.43. The van der Waals surface area contributed by atoms with Crippen molar-refractivity contribution < 1.29 is 5.11 Å². The maximum atomic E-state index is 14.8. The number of aromatic hydroxyl groups is 1. The summed E-state index contributed by atoms with van der Waals surface area (Å²) < 4.78 is 2.61. The Hall–Kier alpha value is -4.49. The van der Waals surface area contributed by atoms with Gasteiger partial charge in [-0.15, -0.1) is 0 Å². The fourth-order valence-electron chi connectivity index (χ4n) is 7.26. The van der Waals surface area contributed by atoms with Gasteiger partial charge in [0.1, 0.15) is 0 Å². The molecule has 0 unspecified atom stereocenters. The number of rotatable bonds is 7. The predicted molar refractivity (Wildman–Crippen MR) is 197 cm³/mol. The molecule has 0 bridgehead atoms. The second kappa shape index (κ2) is 12.2. The lowest BCUT2D eigenvalue weighted by Gasteiger charge is -2.25. The molecule has 1 aliphatic heterocycles. The zero-order valence-corrected chi connectivity index (χ0v) is 29.8. The molecule has 4 aromatic rings. The third-order valence-electron chi connectivity index (χ3n) is 9.52. The van der Waals surface area contributed by atoms with Crippen molar-refractivity contribution in [2.24, 2.45) is 4.99 Å². The third kappa shape index (κ3) is 4.85. The fraction of sp³-hybridized carbons (Fsp3) is 0.350. The number of halogens is 1. The van der Waals surface area contributed by atoms with E-state index in [1.54, 1.807) is 12.1 Å². The van der Waals surface area contributed by atoms with Crippen molar-refractivity contribution in [3.63, 3.8) is 0 Å². The van der Waals surface area contributed by atoms with Crippen LogP contribution in [0.3, 0.4) is 0 Å². The van der Waals surface area contributed by atoms with Crippen molar-refractivity contribution in [3.05, 3.63) is 112 Å². The van der Waals surface area contributed by atoms with Crippen LogP contribution in [0.5, 0.6) is 5.88 Å². The van der Waals surface area contributed by atoms with Crippen LogP contribution in [0, 0.1) is 0 Å². The highest BCUT2D eigenvalue weighted by atomic mass is 35.5. The van der Waals surface area contributed by atoms with Crippen molar-refractivity contribution >= 4 is 33.1 Å². The Labute approximate surface area is 284 Å². The van der Waals surface area contributed by atoms with Crippen LogP contribution in [0.25, 0.3) is 44.0 Å². The normalized spacial score (nSPS) is 12.8. The first-order chi connectivity index (χ1) is 22.7. The summed E-state index contributed by atoms with van der Waals surface area (Å²) in [4.78, 5) is 48.9. The van der Waals surface area contributed by atoms with E-state index >= 15 is 0 Å². The fourth-order valence-corrected chi connectivity index (χ4v) is 7.54. The second-order valence-electron chi connectivity index (χ2n) is 13.9. The Morgan fingerprint density at radius 2 is 1.12 bits per heavy atom. The van der Waals surface area contributed by atoms with Gasteiger partial charge in [0.25, 0.3) is 16.7 Å². The van der Waals surface area contributed by atoms with E-state index in [2.05, 4.69) is 0 Å². The molecule has 0 saturated heterocycles. The van der Waals surface area contributed by atoms with E-state index in [0.29, 0.717) is 28.7 Å². The first-order valence-electron chi connectivity index (χ1n) is 16.8. The number of aromatic nitrogens is 2. The van der Waals surface area contributed by atoms with E-state index in [0.717, 1.165) is 22.3 Å². The number of nitrogens with zero attached hydrogens (tertiary/aromatic N) is 3. The number of pyridine rings is 2. The van der Waals surface area contributed by atoms with Gasteiger partial charge >= 0.3 is 0 Å². The molecular weight excluding hydrogens is 622 g/mol. The van der Waals surface area contributed by atoms with Crippen molar-refractivity contribution in [2.45, 2.75) is 86.0 Å². The number of benzene rings is 4. The maximum Gasteiger partial charge on any atom is 0.268 e. The van der Waals surface area contributed by atoms with E-state index in [-0.39, 0.29) is 61.9 Å². The molecular formula is C40H42ClN3O4. The van der Waals surface area contributed by atoms with Gasteiger partial charge in [-0.1, -0.05) is 103 Å². The van der Waals surface area contributed by atoms with Crippen LogP contribution in [-0.4, -0.2) is 20.8 Å². The van der Waals surface area contributed by atoms with Gasteiger partial charge in [0.2, 0.25) is 5.88 Å². The zero-order chi connectivity index (χ0) is 34.9. The van der Waals surface area contributed by atoms with Crippen LogP contribution in [0.2, 0.25) is 5.02 Å². The largest absolute Gasteiger partial charge is 0.494 e. The second-order valence-corrected chi connectivity index (χ2v) is 14.3. The molecule has 0 saturated carbocycles. The average Bonchev–Trinajstić information content (AvgIpc) is 3.02. The predicted octanol–water partition coefficient (Wildman–Crippen LogP) is 8.41. The molecule has 0 atom stereocenters. The highest BCUT2D eigenvalue weighted by molar-refractivity contribution is 6.37. The van der Waals surface area contributed by atoms with Crippen LogP contribution < -0.4 is 22.0 Å². The Bertz CT molecular complexity index is 2380. The molecule has 0 fully saturated rings. The smallest absolute Gasteiger partial charge is 0.268 e. The average molecular weight is 664 g/mol. The van der Waals surface area contributed by atoms with E-state index in [1.165, 1.54) is 9.13 Å². The van der Waals surface area contributed by atoms with Gasteiger partial charge in [0, 0.05) is 22.9 Å². The monoisotopic (exact) mass is 663 g/mol. The third-order valence-corrected chi connectivity index (χ3v) is 9.81. The lowest BCUT2D eigenvalue weighted by Crippen LogP contribution is -2.37. The van der Waals surface area contributed by atoms with Gasteiger partial charge in [-0.05, 0) is 65.0 Å². The molecule has 6 rings (SSSR count). The van der Waals surface area contributed by atoms with Crippen molar-refractivity contribution in [3.8, 4) is 28.4 Å². The Kier molecular flexibility index (Phi) is 8.49. The zero-order valence-electron chi connectivity index (χ0n) is 29.0. The molecule has 248 valence electrons. The van der Waals surface area contributed by atoms with Gasteiger partial charge in [-0.25, -0.2) is 9.13 Å². The minimum absolute atomic E-state index is 0.0248. The molecule has 0 spiro atoms. The summed E-state index contributed by atoms with van der Waals surface area (Å²) in [6, 6.07) is 14.9. The molecule has 48 heavy (non-hydrogen) atoms. The molecule has 0 radical (unpaired) electrons. The molecule has 2 aliphatic rings. The van der Waals surface area contributed by atoms with Crippen molar-refractivity contribution in [1.82, 2.24) is 9.13 Å². The summed E-state index contributed by atoms with van der Waals surface area (Å²) in [7, 11) is 0. The standard InChI is InChI=1S/C40H42ClN3O4/c1-10-42-30-18-28-31-32-27(37(45)44(40(48)34(30)32)36-25(21(6)7)15-12-16-26(36)22(8)9)17-29(41)33(31)39(47)43(38(28)46)35-23(19(2)3)13-11-14-24(35)20(4)5/h11-22,45H,10H2,1-9H3. The van der Waals surface area contributed by atoms with E-state index in [9.17, 15) is 19.5 Å². The molecule has 2 heterocycles. The molecule has 1 N–H and O–H groups in total. The Morgan fingerprint density at radius 3 is 1.58 bits per heavy atom. The van der Waals surface area contributed by atoms with E-state index in [4.69, 9.17) is 16.6 Å². The quantitative estimate of drug-likeness (QED) is 0.174. The summed E-state index contributed by atoms with van der Waals surface area (Å²) >= 11 is 7.02. The molecule has 0 amide bonds. The maximum absolute atomic E-state index is 14.8. The first kappa shape index (κ1) is 33.4. The van der Waals surface area contributed by atoms with Gasteiger partial charge in [-0.2, -0.15) is 0 Å². The van der Waals surface area contributed by atoms with Gasteiger partial charge in [0.15, 0.2) is 0 Å². The Balaban J connectivity index is 1.90. The summed E-state index contributed by atoms with van der Waals surface area (Å²) in [6.45, 7) is 18.5. The van der Waals surface area contributed by atoms with Gasteiger partial charge < -0.3 is 5.11 Å². The Morgan fingerprint density at radius 1 is 0.667 bits per heavy atom. The van der Waals surface area contributed by atoms with Crippen LogP contribution >= 0.6 is 11.6 Å². The van der Waals surface area contributed by atoms with Crippen molar-refractivity contribution in [2.75, 3.05) is 6.54 Å². The molecule has 7 nitrogen and oxygen atoms in total. The summed E-state index contributed by atoms with van der Waals surface area (Å²) in [5, 5.41) is 13.5. The van der Waals surface area contributed by atoms with Crippen molar-refractivity contribution in [1.29, 1.82) is 0 Å². The van der Waals surface area contributed by atoms with Gasteiger partial charge in [0.05, 0.1) is 38.1 Å². The lowest BCUT2D eigenvalue weighted by molar-refractivity contribution is 0.442. The number of hydrogen-bond acceptors (Lipinski definition) is 5. The van der Waals surface area contributed by atoms with E-state index in [1.807, 2.05) is 98.7 Å². The summed E-state index contributed by atoms with van der Waals surface area (Å²) in [5.74, 6) is -0.158. The minimum atomic E-state index is -0.563. The number of hydrogen-bond donors (Lipinski definition) is 1. The van der Waals surface area contributed by atoms with Crippen LogP contribution in [0.1, 0.15) is 108 Å². The topological polar surface area (TPSA) is 93.7 Å². The lowest BCUT2D eigenvalue weighted by atomic mass is 9.88. The first-order valence-corrected chi connectivity index (χ1v) is 17.2. The number of para-hydroxylation sites is 2. The van der Waals surface area contributed by atoms with Gasteiger partial charge in [-0.3, -0.25) is 19.4 Å². The minimum Gasteiger partial charge on any atom is -0.494 e.